The van der Waals surface area contributed by atoms with Crippen LogP contribution >= 0.6 is 0 Å². The van der Waals surface area contributed by atoms with E-state index in [1.54, 1.807) is 0 Å². The maximum Gasteiger partial charge on any atom is 0.303 e. The predicted octanol–water partition coefficient (Wildman–Crippen LogP) is 5.86. The van der Waals surface area contributed by atoms with Gasteiger partial charge in [0.05, 0.1) is 6.42 Å². The molecular formula is C21H25FO2. The van der Waals surface area contributed by atoms with Crippen molar-refractivity contribution in [2.45, 2.75) is 52.4 Å². The van der Waals surface area contributed by atoms with E-state index in [1.807, 2.05) is 26.8 Å². The predicted molar refractivity (Wildman–Crippen MR) is 96.7 cm³/mol. The fraction of sp³-hybridized carbons (Fsp3) is 0.381. The Labute approximate surface area is 143 Å². The molecule has 0 heterocycles. The molecule has 3 heteroatoms. The summed E-state index contributed by atoms with van der Waals surface area (Å²) in [5.41, 5.74) is 6.19. The highest BCUT2D eigenvalue weighted by molar-refractivity contribution is 5.80. The molecule has 2 rings (SSSR count). The minimum absolute atomic E-state index is 0.0961. The van der Waals surface area contributed by atoms with E-state index in [0.29, 0.717) is 5.92 Å². The summed E-state index contributed by atoms with van der Waals surface area (Å²) in [7, 11) is 0. The standard InChI is InChI=1S/C21H25FO2/c1-13(2)9-18(12-19(22)7-8-20(23)24)21-14(3)10-17(11-15(21)4)16-5-6-16/h9-12,16H,1,5-8H2,2-4H3,(H,23,24)/b18-9+,19-12-. The summed E-state index contributed by atoms with van der Waals surface area (Å²) < 4.78 is 14.2. The minimum atomic E-state index is -0.995. The fourth-order valence-electron chi connectivity index (χ4n) is 3.02. The van der Waals surface area contributed by atoms with Crippen LogP contribution in [0.3, 0.4) is 0 Å². The van der Waals surface area contributed by atoms with Crippen molar-refractivity contribution in [2.75, 3.05) is 0 Å². The number of rotatable bonds is 7. The maximum absolute atomic E-state index is 14.2. The second-order valence-electron chi connectivity index (χ2n) is 6.73. The molecule has 0 bridgehead atoms. The van der Waals surface area contributed by atoms with E-state index in [2.05, 4.69) is 18.7 Å². The number of carbonyl (C=O) groups is 1. The maximum atomic E-state index is 14.2. The van der Waals surface area contributed by atoms with Crippen molar-refractivity contribution in [3.05, 3.63) is 64.5 Å². The van der Waals surface area contributed by atoms with Gasteiger partial charge in [-0.05, 0) is 73.4 Å². The van der Waals surface area contributed by atoms with Crippen molar-refractivity contribution in [2.24, 2.45) is 0 Å². The summed E-state index contributed by atoms with van der Waals surface area (Å²) in [6.45, 7) is 9.85. The molecule has 1 saturated carbocycles. The average molecular weight is 328 g/mol. The summed E-state index contributed by atoms with van der Waals surface area (Å²) in [6.07, 6.45) is 5.49. The number of allylic oxidation sites excluding steroid dienone is 5. The molecule has 0 atom stereocenters. The minimum Gasteiger partial charge on any atom is -0.481 e. The number of carboxylic acid groups (broad SMARTS) is 1. The van der Waals surface area contributed by atoms with Gasteiger partial charge >= 0.3 is 5.97 Å². The summed E-state index contributed by atoms with van der Waals surface area (Å²) in [5, 5.41) is 8.71. The normalized spacial score (nSPS) is 15.5. The lowest BCUT2D eigenvalue weighted by molar-refractivity contribution is -0.137. The molecule has 1 aromatic rings. The molecule has 128 valence electrons. The molecule has 1 N–H and O–H groups in total. The van der Waals surface area contributed by atoms with Crippen molar-refractivity contribution in [3.63, 3.8) is 0 Å². The van der Waals surface area contributed by atoms with Gasteiger partial charge in [0.2, 0.25) is 0 Å². The molecule has 0 spiro atoms. The van der Waals surface area contributed by atoms with E-state index >= 15 is 0 Å². The van der Waals surface area contributed by atoms with E-state index in [4.69, 9.17) is 5.11 Å². The van der Waals surface area contributed by atoms with Crippen LogP contribution in [0.4, 0.5) is 4.39 Å². The Hall–Kier alpha value is -2.16. The average Bonchev–Trinajstić information content (AvgIpc) is 3.28. The van der Waals surface area contributed by atoms with Crippen molar-refractivity contribution < 1.29 is 14.3 Å². The summed E-state index contributed by atoms with van der Waals surface area (Å²) >= 11 is 0. The molecule has 0 unspecified atom stereocenters. The Morgan fingerprint density at radius 3 is 2.29 bits per heavy atom. The van der Waals surface area contributed by atoms with Gasteiger partial charge in [-0.3, -0.25) is 4.79 Å². The first-order valence-electron chi connectivity index (χ1n) is 8.34. The molecule has 0 amide bonds. The van der Waals surface area contributed by atoms with Crippen LogP contribution in [0.2, 0.25) is 0 Å². The van der Waals surface area contributed by atoms with Crippen LogP contribution in [0.25, 0.3) is 5.57 Å². The van der Waals surface area contributed by atoms with Gasteiger partial charge in [0.15, 0.2) is 0 Å². The first-order chi connectivity index (χ1) is 11.3. The summed E-state index contributed by atoms with van der Waals surface area (Å²) in [4.78, 5) is 10.6. The molecular weight excluding hydrogens is 303 g/mol. The zero-order valence-corrected chi connectivity index (χ0v) is 14.7. The van der Waals surface area contributed by atoms with Crippen molar-refractivity contribution in [1.82, 2.24) is 0 Å². The lowest BCUT2D eigenvalue weighted by Crippen LogP contribution is -1.97. The number of carboxylic acids is 1. The molecule has 0 aromatic heterocycles. The van der Waals surface area contributed by atoms with Crippen LogP contribution in [0.1, 0.15) is 60.8 Å². The van der Waals surface area contributed by atoms with E-state index < -0.39 is 11.8 Å². The third kappa shape index (κ3) is 4.92. The number of aryl methyl sites for hydroxylation is 2. The molecule has 2 nitrogen and oxygen atoms in total. The molecule has 0 saturated heterocycles. The first-order valence-corrected chi connectivity index (χ1v) is 8.34. The first kappa shape index (κ1) is 18.2. The Morgan fingerprint density at radius 1 is 1.25 bits per heavy atom. The molecule has 24 heavy (non-hydrogen) atoms. The van der Waals surface area contributed by atoms with E-state index in [1.165, 1.54) is 24.5 Å². The van der Waals surface area contributed by atoms with Crippen LogP contribution in [0.15, 0.2) is 42.3 Å². The number of halogens is 1. The molecule has 1 aliphatic carbocycles. The quantitative estimate of drug-likeness (QED) is 0.637. The van der Waals surface area contributed by atoms with Gasteiger partial charge < -0.3 is 5.11 Å². The molecule has 1 aliphatic rings. The van der Waals surface area contributed by atoms with E-state index in [0.717, 1.165) is 27.8 Å². The Bertz CT molecular complexity index is 698. The lowest BCUT2D eigenvalue weighted by Gasteiger charge is -2.14. The van der Waals surface area contributed by atoms with Gasteiger partial charge in [0, 0.05) is 6.42 Å². The SMILES string of the molecule is C=C(C)/C=C(\C=C(/F)CCC(=O)O)c1c(C)cc(C2CC2)cc1C. The van der Waals surface area contributed by atoms with Crippen molar-refractivity contribution in [3.8, 4) is 0 Å². The Balaban J connectivity index is 2.40. The molecule has 1 fully saturated rings. The largest absolute Gasteiger partial charge is 0.481 e. The lowest BCUT2D eigenvalue weighted by atomic mass is 9.90. The summed E-state index contributed by atoms with van der Waals surface area (Å²) in [6, 6.07) is 4.38. The molecule has 0 aliphatic heterocycles. The number of aliphatic carboxylic acids is 1. The summed E-state index contributed by atoms with van der Waals surface area (Å²) in [5.74, 6) is -0.743. The topological polar surface area (TPSA) is 37.3 Å². The Morgan fingerprint density at radius 2 is 1.83 bits per heavy atom. The second-order valence-corrected chi connectivity index (χ2v) is 6.73. The van der Waals surface area contributed by atoms with Crippen molar-refractivity contribution in [1.29, 1.82) is 0 Å². The fourth-order valence-corrected chi connectivity index (χ4v) is 3.02. The van der Waals surface area contributed by atoms with Gasteiger partial charge in [0.25, 0.3) is 0 Å². The van der Waals surface area contributed by atoms with E-state index in [-0.39, 0.29) is 12.8 Å². The smallest absolute Gasteiger partial charge is 0.303 e. The third-order valence-electron chi connectivity index (χ3n) is 4.18. The van der Waals surface area contributed by atoms with Gasteiger partial charge in [-0.2, -0.15) is 0 Å². The number of benzene rings is 1. The van der Waals surface area contributed by atoms with E-state index in [9.17, 15) is 9.18 Å². The molecule has 1 aromatic carbocycles. The van der Waals surface area contributed by atoms with Crippen LogP contribution in [-0.2, 0) is 4.79 Å². The van der Waals surface area contributed by atoms with Crippen LogP contribution in [-0.4, -0.2) is 11.1 Å². The van der Waals surface area contributed by atoms with Crippen LogP contribution < -0.4 is 0 Å². The zero-order valence-electron chi connectivity index (χ0n) is 14.7. The van der Waals surface area contributed by atoms with Crippen molar-refractivity contribution >= 4 is 11.5 Å². The highest BCUT2D eigenvalue weighted by Crippen LogP contribution is 2.42. The van der Waals surface area contributed by atoms with Crippen LogP contribution in [0.5, 0.6) is 0 Å². The monoisotopic (exact) mass is 328 g/mol. The second kappa shape index (κ2) is 7.61. The van der Waals surface area contributed by atoms with Crippen LogP contribution in [0, 0.1) is 13.8 Å². The number of hydrogen-bond acceptors (Lipinski definition) is 1. The van der Waals surface area contributed by atoms with Gasteiger partial charge in [-0.25, -0.2) is 4.39 Å². The molecule has 0 radical (unpaired) electrons. The van der Waals surface area contributed by atoms with Gasteiger partial charge in [0.1, 0.15) is 5.83 Å². The number of hydrogen-bond donors (Lipinski definition) is 1. The Kier molecular flexibility index (Phi) is 5.76. The van der Waals surface area contributed by atoms with Gasteiger partial charge in [-0.1, -0.05) is 30.4 Å². The third-order valence-corrected chi connectivity index (χ3v) is 4.18. The highest BCUT2D eigenvalue weighted by Gasteiger charge is 2.24. The zero-order chi connectivity index (χ0) is 17.9. The van der Waals surface area contributed by atoms with Gasteiger partial charge in [-0.15, -0.1) is 0 Å². The highest BCUT2D eigenvalue weighted by atomic mass is 19.1.